The number of H-pyrrole nitrogens is 1. The molecular formula is C16H14ClN5O2S. The molecule has 25 heavy (non-hydrogen) atoms. The maximum absolute atomic E-state index is 11.9. The minimum absolute atomic E-state index is 0.171. The number of halogens is 1. The molecule has 1 amide bonds. The van der Waals surface area contributed by atoms with E-state index in [1.165, 1.54) is 18.0 Å². The summed E-state index contributed by atoms with van der Waals surface area (Å²) in [5, 5.41) is 10.7. The number of nitrogens with one attached hydrogen (secondary N) is 2. The summed E-state index contributed by atoms with van der Waals surface area (Å²) in [4.78, 5) is 20.3. The van der Waals surface area contributed by atoms with Crippen LogP contribution in [-0.4, -0.2) is 38.9 Å². The van der Waals surface area contributed by atoms with Gasteiger partial charge in [0.2, 0.25) is 11.1 Å². The molecule has 0 aliphatic carbocycles. The Hall–Kier alpha value is -2.58. The van der Waals surface area contributed by atoms with Gasteiger partial charge < -0.3 is 10.1 Å². The highest BCUT2D eigenvalue weighted by Crippen LogP contribution is 2.21. The smallest absolute Gasteiger partial charge is 0.236 e. The number of thioether (sulfide) groups is 1. The molecule has 0 saturated carbocycles. The van der Waals surface area contributed by atoms with Crippen molar-refractivity contribution in [2.45, 2.75) is 5.16 Å². The average molecular weight is 376 g/mol. The number of carbonyl (C=O) groups excluding carboxylic acids is 1. The van der Waals surface area contributed by atoms with Gasteiger partial charge in [-0.25, -0.2) is 9.97 Å². The Kier molecular flexibility index (Phi) is 5.52. The summed E-state index contributed by atoms with van der Waals surface area (Å²) >= 11 is 6.98. The minimum Gasteiger partial charge on any atom is -0.497 e. The van der Waals surface area contributed by atoms with Crippen LogP contribution < -0.4 is 10.1 Å². The monoisotopic (exact) mass is 375 g/mol. The summed E-state index contributed by atoms with van der Waals surface area (Å²) < 4.78 is 5.12. The Bertz CT molecular complexity index is 852. The quantitative estimate of drug-likeness (QED) is 0.642. The number of methoxy groups -OCH3 is 1. The highest BCUT2D eigenvalue weighted by atomic mass is 35.5. The van der Waals surface area contributed by atoms with Crippen LogP contribution >= 0.6 is 23.4 Å². The van der Waals surface area contributed by atoms with Crippen molar-refractivity contribution in [3.05, 3.63) is 47.6 Å². The molecule has 0 radical (unpaired) electrons. The standard InChI is InChI=1S/C16H14ClN5O2S/c1-24-12-5-2-10(3-6-12)15-20-16(22-21-15)25-9-14(23)19-13-7-4-11(17)8-18-13/h2-8H,9H2,1H3,(H,18,19,23)(H,20,21,22). The first kappa shape index (κ1) is 17.2. The Labute approximate surface area is 153 Å². The van der Waals surface area contributed by atoms with Crippen LogP contribution in [0.4, 0.5) is 5.82 Å². The van der Waals surface area contributed by atoms with E-state index in [0.717, 1.165) is 11.3 Å². The highest BCUT2D eigenvalue weighted by Gasteiger charge is 2.10. The van der Waals surface area contributed by atoms with Crippen molar-refractivity contribution in [1.82, 2.24) is 20.2 Å². The molecule has 1 aromatic carbocycles. The van der Waals surface area contributed by atoms with E-state index in [9.17, 15) is 4.79 Å². The number of rotatable bonds is 6. The molecule has 0 bridgehead atoms. The summed E-state index contributed by atoms with van der Waals surface area (Å²) in [6.45, 7) is 0. The van der Waals surface area contributed by atoms with E-state index in [4.69, 9.17) is 16.3 Å². The zero-order valence-electron chi connectivity index (χ0n) is 13.2. The van der Waals surface area contributed by atoms with Crippen molar-refractivity contribution in [2.24, 2.45) is 0 Å². The number of carbonyl (C=O) groups is 1. The predicted octanol–water partition coefficient (Wildman–Crippen LogP) is 3.26. The third kappa shape index (κ3) is 4.71. The van der Waals surface area contributed by atoms with Crippen LogP contribution in [0.1, 0.15) is 0 Å². The van der Waals surface area contributed by atoms with Gasteiger partial charge in [-0.05, 0) is 36.4 Å². The number of aromatic nitrogens is 4. The molecule has 0 spiro atoms. The zero-order chi connectivity index (χ0) is 17.6. The molecule has 7 nitrogen and oxygen atoms in total. The molecule has 0 aliphatic heterocycles. The van der Waals surface area contributed by atoms with Crippen LogP contribution in [0.2, 0.25) is 5.02 Å². The number of ether oxygens (including phenoxy) is 1. The second-order valence-corrected chi connectivity index (χ2v) is 6.27. The fraction of sp³-hybridized carbons (Fsp3) is 0.125. The molecule has 2 N–H and O–H groups in total. The minimum atomic E-state index is -0.199. The largest absolute Gasteiger partial charge is 0.497 e. The van der Waals surface area contributed by atoms with Crippen LogP contribution in [0.15, 0.2) is 47.8 Å². The van der Waals surface area contributed by atoms with Gasteiger partial charge >= 0.3 is 0 Å². The molecule has 0 unspecified atom stereocenters. The Morgan fingerprint density at radius 1 is 1.28 bits per heavy atom. The van der Waals surface area contributed by atoms with Gasteiger partial charge in [-0.3, -0.25) is 9.89 Å². The van der Waals surface area contributed by atoms with Crippen molar-refractivity contribution in [3.8, 4) is 17.1 Å². The van der Waals surface area contributed by atoms with Crippen molar-refractivity contribution in [1.29, 1.82) is 0 Å². The van der Waals surface area contributed by atoms with Gasteiger partial charge in [0.1, 0.15) is 11.6 Å². The highest BCUT2D eigenvalue weighted by molar-refractivity contribution is 7.99. The van der Waals surface area contributed by atoms with Gasteiger partial charge in [0.15, 0.2) is 5.82 Å². The van der Waals surface area contributed by atoms with Gasteiger partial charge in [0.25, 0.3) is 0 Å². The van der Waals surface area contributed by atoms with E-state index >= 15 is 0 Å². The lowest BCUT2D eigenvalue weighted by Gasteiger charge is -2.02. The topological polar surface area (TPSA) is 92.8 Å². The second kappa shape index (κ2) is 8.00. The van der Waals surface area contributed by atoms with Crippen molar-refractivity contribution < 1.29 is 9.53 Å². The molecular weight excluding hydrogens is 362 g/mol. The summed E-state index contributed by atoms with van der Waals surface area (Å²) in [6, 6.07) is 10.8. The van der Waals surface area contributed by atoms with Gasteiger partial charge in [-0.1, -0.05) is 23.4 Å². The fourth-order valence-electron chi connectivity index (χ4n) is 1.95. The fourth-order valence-corrected chi connectivity index (χ4v) is 2.66. The third-order valence-electron chi connectivity index (χ3n) is 3.16. The van der Waals surface area contributed by atoms with Gasteiger partial charge in [0, 0.05) is 11.8 Å². The molecule has 0 fully saturated rings. The number of nitrogens with zero attached hydrogens (tertiary/aromatic N) is 3. The number of aromatic amines is 1. The van der Waals surface area contributed by atoms with E-state index in [-0.39, 0.29) is 11.7 Å². The maximum Gasteiger partial charge on any atom is 0.236 e. The van der Waals surface area contributed by atoms with E-state index in [1.54, 1.807) is 19.2 Å². The Balaban J connectivity index is 1.55. The lowest BCUT2D eigenvalue weighted by Crippen LogP contribution is -2.14. The molecule has 3 rings (SSSR count). The number of pyridine rings is 1. The van der Waals surface area contributed by atoms with E-state index in [1.807, 2.05) is 24.3 Å². The molecule has 2 aromatic heterocycles. The molecule has 0 atom stereocenters. The Morgan fingerprint density at radius 3 is 2.76 bits per heavy atom. The van der Waals surface area contributed by atoms with Gasteiger partial charge in [-0.2, -0.15) is 0 Å². The molecule has 0 aliphatic rings. The summed E-state index contributed by atoms with van der Waals surface area (Å²) in [5.41, 5.74) is 0.884. The molecule has 3 aromatic rings. The van der Waals surface area contributed by atoms with E-state index < -0.39 is 0 Å². The SMILES string of the molecule is COc1ccc(-c2nc(SCC(=O)Nc3ccc(Cl)cn3)n[nH]2)cc1. The second-order valence-electron chi connectivity index (χ2n) is 4.89. The van der Waals surface area contributed by atoms with Crippen LogP contribution in [0.3, 0.4) is 0 Å². The number of amides is 1. The van der Waals surface area contributed by atoms with Gasteiger partial charge in [0.05, 0.1) is 17.9 Å². The maximum atomic E-state index is 11.9. The van der Waals surface area contributed by atoms with Crippen molar-refractivity contribution >= 4 is 35.1 Å². The van der Waals surface area contributed by atoms with E-state index in [0.29, 0.717) is 21.8 Å². The summed E-state index contributed by atoms with van der Waals surface area (Å²) in [7, 11) is 1.61. The number of benzene rings is 1. The predicted molar refractivity (Wildman–Crippen MR) is 97.0 cm³/mol. The first-order valence-electron chi connectivity index (χ1n) is 7.25. The third-order valence-corrected chi connectivity index (χ3v) is 4.23. The number of hydrogen-bond donors (Lipinski definition) is 2. The summed E-state index contributed by atoms with van der Waals surface area (Å²) in [6.07, 6.45) is 1.47. The molecule has 128 valence electrons. The van der Waals surface area contributed by atoms with Crippen molar-refractivity contribution in [3.63, 3.8) is 0 Å². The average Bonchev–Trinajstić information content (AvgIpc) is 3.11. The first-order valence-corrected chi connectivity index (χ1v) is 8.61. The molecule has 0 saturated heterocycles. The lowest BCUT2D eigenvalue weighted by atomic mass is 10.2. The van der Waals surface area contributed by atoms with Crippen LogP contribution in [0, 0.1) is 0 Å². The zero-order valence-corrected chi connectivity index (χ0v) is 14.8. The van der Waals surface area contributed by atoms with E-state index in [2.05, 4.69) is 25.5 Å². The van der Waals surface area contributed by atoms with Crippen molar-refractivity contribution in [2.75, 3.05) is 18.2 Å². The number of anilines is 1. The van der Waals surface area contributed by atoms with Crippen LogP contribution in [0.5, 0.6) is 5.75 Å². The van der Waals surface area contributed by atoms with Crippen LogP contribution in [-0.2, 0) is 4.79 Å². The lowest BCUT2D eigenvalue weighted by molar-refractivity contribution is -0.113. The van der Waals surface area contributed by atoms with Gasteiger partial charge in [-0.15, -0.1) is 5.10 Å². The van der Waals surface area contributed by atoms with Crippen LogP contribution in [0.25, 0.3) is 11.4 Å². The summed E-state index contributed by atoms with van der Waals surface area (Å²) in [5.74, 6) is 1.82. The Morgan fingerprint density at radius 2 is 2.08 bits per heavy atom. The molecule has 9 heteroatoms. The number of hydrogen-bond acceptors (Lipinski definition) is 6. The molecule has 2 heterocycles. The first-order chi connectivity index (χ1) is 12.1. The normalized spacial score (nSPS) is 10.5.